The molecule has 0 unspecified atom stereocenters. The van der Waals surface area contributed by atoms with Crippen molar-refractivity contribution in [3.8, 4) is 12.3 Å². The Kier molecular flexibility index (Phi) is 2.14. The minimum absolute atomic E-state index is 0.256. The zero-order valence-corrected chi connectivity index (χ0v) is 6.10. The Hall–Kier alpha value is -1.37. The molecule has 0 spiro atoms. The smallest absolute Gasteiger partial charge is 0.445 e. The summed E-state index contributed by atoms with van der Waals surface area (Å²) in [6.45, 7) is -4.93. The largest absolute Gasteiger partial charge is 0.509 e. The molecule has 1 aromatic rings. The molecule has 0 amide bonds. The van der Waals surface area contributed by atoms with Crippen molar-refractivity contribution in [2.75, 3.05) is 0 Å². The third kappa shape index (κ3) is 1.82. The molecule has 0 atom stereocenters. The van der Waals surface area contributed by atoms with E-state index in [0.29, 0.717) is 0 Å². The molecule has 0 aliphatic rings. The second-order valence-electron chi connectivity index (χ2n) is 2.34. The summed E-state index contributed by atoms with van der Waals surface area (Å²) in [5.41, 5.74) is -0.392. The molecular formula is C8H5BF3-. The van der Waals surface area contributed by atoms with E-state index in [1.165, 1.54) is 12.1 Å². The maximum Gasteiger partial charge on any atom is 0.509 e. The highest BCUT2D eigenvalue weighted by atomic mass is 19.4. The first-order chi connectivity index (χ1) is 5.54. The van der Waals surface area contributed by atoms with E-state index in [9.17, 15) is 12.9 Å². The van der Waals surface area contributed by atoms with Gasteiger partial charge in [-0.15, -0.1) is 11.9 Å². The molecule has 0 saturated heterocycles. The molecule has 1 rings (SSSR count). The maximum atomic E-state index is 12.1. The Labute approximate surface area is 68.5 Å². The van der Waals surface area contributed by atoms with E-state index in [-0.39, 0.29) is 5.56 Å². The van der Waals surface area contributed by atoms with Crippen LogP contribution in [0.5, 0.6) is 0 Å². The molecular weight excluding hydrogens is 164 g/mol. The highest BCUT2D eigenvalue weighted by Gasteiger charge is 2.25. The van der Waals surface area contributed by atoms with Gasteiger partial charge in [-0.2, -0.15) is 0 Å². The number of benzene rings is 1. The van der Waals surface area contributed by atoms with Crippen molar-refractivity contribution < 1.29 is 12.9 Å². The van der Waals surface area contributed by atoms with E-state index in [1.807, 2.05) is 0 Å². The lowest BCUT2D eigenvalue weighted by Gasteiger charge is -2.14. The molecule has 1 aromatic carbocycles. The fraction of sp³-hybridized carbons (Fsp3) is 0. The van der Waals surface area contributed by atoms with Gasteiger partial charge < -0.3 is 12.9 Å². The molecule has 0 aromatic heterocycles. The molecule has 62 valence electrons. The van der Waals surface area contributed by atoms with Gasteiger partial charge in [-0.05, 0) is 6.07 Å². The monoisotopic (exact) mass is 169 g/mol. The van der Waals surface area contributed by atoms with Gasteiger partial charge in [0, 0.05) is 5.56 Å². The molecule has 0 aliphatic heterocycles. The molecule has 0 saturated carbocycles. The lowest BCUT2D eigenvalue weighted by atomic mass is 9.79. The average molecular weight is 169 g/mol. The minimum atomic E-state index is -4.93. The molecule has 0 nitrogen and oxygen atoms in total. The molecule has 0 fully saturated rings. The number of hydrogen-bond acceptors (Lipinski definition) is 0. The Bertz CT molecular complexity index is 322. The SMILES string of the molecule is C#Cc1cccc([B-](F)(F)F)c1. The average Bonchev–Trinajstić information content (AvgIpc) is 2.03. The van der Waals surface area contributed by atoms with Gasteiger partial charge in [0.2, 0.25) is 0 Å². The van der Waals surface area contributed by atoms with Gasteiger partial charge in [0.1, 0.15) is 0 Å². The van der Waals surface area contributed by atoms with Crippen LogP contribution in [0.4, 0.5) is 12.9 Å². The molecule has 4 heteroatoms. The van der Waals surface area contributed by atoms with Crippen LogP contribution < -0.4 is 5.46 Å². The highest BCUT2D eigenvalue weighted by Crippen LogP contribution is 2.09. The van der Waals surface area contributed by atoms with Gasteiger partial charge in [-0.3, -0.25) is 0 Å². The summed E-state index contributed by atoms with van der Waals surface area (Å²) in [5.74, 6) is 2.15. The summed E-state index contributed by atoms with van der Waals surface area (Å²) >= 11 is 0. The van der Waals surface area contributed by atoms with Crippen LogP contribution in [0, 0.1) is 12.3 Å². The predicted molar refractivity (Wildman–Crippen MR) is 43.1 cm³/mol. The van der Waals surface area contributed by atoms with Crippen molar-refractivity contribution in [3.63, 3.8) is 0 Å². The van der Waals surface area contributed by atoms with Crippen molar-refractivity contribution in [1.29, 1.82) is 0 Å². The molecule has 12 heavy (non-hydrogen) atoms. The number of rotatable bonds is 1. The zero-order chi connectivity index (χ0) is 9.19. The minimum Gasteiger partial charge on any atom is -0.445 e. The van der Waals surface area contributed by atoms with E-state index in [2.05, 4.69) is 5.92 Å². The lowest BCUT2D eigenvalue weighted by molar-refractivity contribution is 0.501. The van der Waals surface area contributed by atoms with Crippen molar-refractivity contribution in [3.05, 3.63) is 29.8 Å². The first-order valence-corrected chi connectivity index (χ1v) is 3.30. The summed E-state index contributed by atoms with van der Waals surface area (Å²) in [6, 6.07) is 4.76. The van der Waals surface area contributed by atoms with Crippen LogP contribution in [0.2, 0.25) is 0 Å². The quantitative estimate of drug-likeness (QED) is 0.443. The summed E-state index contributed by atoms with van der Waals surface area (Å²) in [7, 11) is 0. The summed E-state index contributed by atoms with van der Waals surface area (Å²) < 4.78 is 36.3. The normalized spacial score (nSPS) is 10.8. The van der Waals surface area contributed by atoms with E-state index < -0.39 is 12.4 Å². The van der Waals surface area contributed by atoms with E-state index >= 15 is 0 Å². The Morgan fingerprint density at radius 3 is 2.42 bits per heavy atom. The van der Waals surface area contributed by atoms with Gasteiger partial charge >= 0.3 is 6.98 Å². The second-order valence-corrected chi connectivity index (χ2v) is 2.34. The third-order valence-electron chi connectivity index (χ3n) is 1.43. The fourth-order valence-corrected chi connectivity index (χ4v) is 0.832. The van der Waals surface area contributed by atoms with Crippen LogP contribution in [0.25, 0.3) is 0 Å². The molecule has 0 bridgehead atoms. The first kappa shape index (κ1) is 8.73. The Morgan fingerprint density at radius 2 is 1.92 bits per heavy atom. The second kappa shape index (κ2) is 2.94. The van der Waals surface area contributed by atoms with Crippen LogP contribution in [0.1, 0.15) is 5.56 Å². The Balaban J connectivity index is 3.13. The number of hydrogen-bond donors (Lipinski definition) is 0. The van der Waals surface area contributed by atoms with Crippen molar-refractivity contribution in [2.45, 2.75) is 0 Å². The first-order valence-electron chi connectivity index (χ1n) is 3.30. The lowest BCUT2D eigenvalue weighted by Crippen LogP contribution is -2.33. The van der Waals surface area contributed by atoms with Gasteiger partial charge in [-0.1, -0.05) is 24.1 Å². The summed E-state index contributed by atoms with van der Waals surface area (Å²) in [6.07, 6.45) is 4.95. The van der Waals surface area contributed by atoms with Crippen LogP contribution in [-0.4, -0.2) is 6.98 Å². The topological polar surface area (TPSA) is 0 Å². The summed E-state index contributed by atoms with van der Waals surface area (Å²) in [5, 5.41) is 0. The van der Waals surface area contributed by atoms with Crippen LogP contribution in [0.15, 0.2) is 24.3 Å². The fourth-order valence-electron chi connectivity index (χ4n) is 0.832. The van der Waals surface area contributed by atoms with Crippen LogP contribution in [0.3, 0.4) is 0 Å². The third-order valence-corrected chi connectivity index (χ3v) is 1.43. The zero-order valence-electron chi connectivity index (χ0n) is 6.10. The molecule has 0 aliphatic carbocycles. The van der Waals surface area contributed by atoms with Gasteiger partial charge in [-0.25, -0.2) is 0 Å². The van der Waals surface area contributed by atoms with Crippen molar-refractivity contribution in [2.24, 2.45) is 0 Å². The van der Waals surface area contributed by atoms with Gasteiger partial charge in [0.15, 0.2) is 0 Å². The van der Waals surface area contributed by atoms with Crippen molar-refractivity contribution in [1.82, 2.24) is 0 Å². The molecule has 0 radical (unpaired) electrons. The maximum absolute atomic E-state index is 12.1. The van der Waals surface area contributed by atoms with E-state index in [0.717, 1.165) is 12.1 Å². The van der Waals surface area contributed by atoms with E-state index in [1.54, 1.807) is 0 Å². The standard InChI is InChI=1S/C8H5BF3/c1-2-7-4-3-5-8(6-7)9(10,11)12/h1,3-6H/q-1. The van der Waals surface area contributed by atoms with Crippen LogP contribution in [-0.2, 0) is 0 Å². The highest BCUT2D eigenvalue weighted by molar-refractivity contribution is 6.73. The number of terminal acetylenes is 1. The molecule has 0 N–H and O–H groups in total. The van der Waals surface area contributed by atoms with Crippen LogP contribution >= 0.6 is 0 Å². The van der Waals surface area contributed by atoms with E-state index in [4.69, 9.17) is 6.42 Å². The Morgan fingerprint density at radius 1 is 1.25 bits per heavy atom. The van der Waals surface area contributed by atoms with Crippen molar-refractivity contribution >= 4 is 12.4 Å². The van der Waals surface area contributed by atoms with Gasteiger partial charge in [0.25, 0.3) is 0 Å². The predicted octanol–water partition coefficient (Wildman–Crippen LogP) is 1.72. The van der Waals surface area contributed by atoms with Gasteiger partial charge in [0.05, 0.1) is 0 Å². The summed E-state index contributed by atoms with van der Waals surface area (Å²) in [4.78, 5) is 0. The number of halogens is 3. The molecule has 0 heterocycles.